The van der Waals surface area contributed by atoms with Crippen LogP contribution in [0.4, 0.5) is 5.69 Å². The summed E-state index contributed by atoms with van der Waals surface area (Å²) in [5.41, 5.74) is -1.16. The van der Waals surface area contributed by atoms with Gasteiger partial charge < -0.3 is 0 Å². The molecule has 8 heteroatoms. The van der Waals surface area contributed by atoms with E-state index in [2.05, 4.69) is 4.98 Å². The van der Waals surface area contributed by atoms with Crippen LogP contribution < -0.4 is 11.2 Å². The molecule has 1 heterocycles. The van der Waals surface area contributed by atoms with Crippen LogP contribution in [-0.4, -0.2) is 14.5 Å². The first kappa shape index (κ1) is 14.0. The maximum atomic E-state index is 12.2. The van der Waals surface area contributed by atoms with Gasteiger partial charge in [0.1, 0.15) is 5.15 Å². The number of nitrogens with one attached hydrogen (secondary N) is 1. The molecule has 0 fully saturated rings. The number of hydrogen-bond acceptors (Lipinski definition) is 4. The first-order valence-corrected chi connectivity index (χ1v) is 6.12. The van der Waals surface area contributed by atoms with Gasteiger partial charge in [-0.3, -0.25) is 19.9 Å². The lowest BCUT2D eigenvalue weighted by atomic mass is 10.2. The molecule has 0 atom stereocenters. The highest BCUT2D eigenvalue weighted by atomic mass is 35.5. The van der Waals surface area contributed by atoms with E-state index in [0.29, 0.717) is 6.42 Å². The van der Waals surface area contributed by atoms with E-state index >= 15 is 0 Å². The van der Waals surface area contributed by atoms with Crippen molar-refractivity contribution < 1.29 is 4.92 Å². The average molecular weight is 296 g/mol. The maximum Gasteiger partial charge on any atom is 0.334 e. The molecule has 1 N–H and O–H groups in total. The van der Waals surface area contributed by atoms with Crippen LogP contribution >= 0.6 is 11.6 Å². The van der Waals surface area contributed by atoms with Crippen molar-refractivity contribution in [1.29, 1.82) is 0 Å². The molecule has 0 saturated carbocycles. The fraction of sp³-hybridized carbons (Fsp3) is 0.167. The Hall–Kier alpha value is -2.41. The van der Waals surface area contributed by atoms with Crippen LogP contribution in [0, 0.1) is 10.1 Å². The van der Waals surface area contributed by atoms with Gasteiger partial charge in [-0.1, -0.05) is 24.6 Å². The number of non-ortho nitro benzene ring substituents is 1. The van der Waals surface area contributed by atoms with Crippen LogP contribution in [0.15, 0.2) is 33.9 Å². The van der Waals surface area contributed by atoms with Gasteiger partial charge in [0.2, 0.25) is 0 Å². The molecule has 7 nitrogen and oxygen atoms in total. The molecular formula is C12H10ClN3O4. The molecule has 104 valence electrons. The molecule has 1 aromatic heterocycles. The highest BCUT2D eigenvalue weighted by Gasteiger charge is 2.14. The molecule has 1 aromatic carbocycles. The fourth-order valence-electron chi connectivity index (χ4n) is 1.83. The SMILES string of the molecule is CCc1c(Cl)[nH]c(=O)n(-c2cccc([N+](=O)[O-])c2)c1=O. The monoisotopic (exact) mass is 295 g/mol. The summed E-state index contributed by atoms with van der Waals surface area (Å²) in [6.07, 6.45) is 0.337. The minimum Gasteiger partial charge on any atom is -0.297 e. The zero-order valence-corrected chi connectivity index (χ0v) is 11.2. The molecule has 0 radical (unpaired) electrons. The fourth-order valence-corrected chi connectivity index (χ4v) is 2.13. The zero-order valence-electron chi connectivity index (χ0n) is 10.4. The van der Waals surface area contributed by atoms with Crippen LogP contribution in [0.3, 0.4) is 0 Å². The largest absolute Gasteiger partial charge is 0.334 e. The number of nitro groups is 1. The van der Waals surface area contributed by atoms with Gasteiger partial charge in [0.05, 0.1) is 16.2 Å². The Kier molecular flexibility index (Phi) is 3.71. The number of hydrogen-bond donors (Lipinski definition) is 1. The number of rotatable bonds is 3. The molecule has 2 aromatic rings. The maximum absolute atomic E-state index is 12.2. The molecule has 0 unspecified atom stereocenters. The van der Waals surface area contributed by atoms with Crippen LogP contribution in [0.25, 0.3) is 5.69 Å². The van der Waals surface area contributed by atoms with Crippen molar-refractivity contribution in [2.45, 2.75) is 13.3 Å². The molecule has 0 spiro atoms. The van der Waals surface area contributed by atoms with Crippen LogP contribution in [0.2, 0.25) is 5.15 Å². The van der Waals surface area contributed by atoms with E-state index in [4.69, 9.17) is 11.6 Å². The summed E-state index contributed by atoms with van der Waals surface area (Å²) < 4.78 is 0.831. The summed E-state index contributed by atoms with van der Waals surface area (Å²) in [7, 11) is 0. The minimum atomic E-state index is -0.738. The summed E-state index contributed by atoms with van der Waals surface area (Å²) in [4.78, 5) is 36.6. The van der Waals surface area contributed by atoms with Gasteiger partial charge in [-0.05, 0) is 12.5 Å². The molecule has 0 amide bonds. The highest BCUT2D eigenvalue weighted by molar-refractivity contribution is 6.30. The number of H-pyrrole nitrogens is 1. The highest BCUT2D eigenvalue weighted by Crippen LogP contribution is 2.15. The van der Waals surface area contributed by atoms with Crippen molar-refractivity contribution in [3.63, 3.8) is 0 Å². The van der Waals surface area contributed by atoms with Gasteiger partial charge in [-0.2, -0.15) is 0 Å². The molecule has 0 aliphatic heterocycles. The van der Waals surface area contributed by atoms with Gasteiger partial charge in [-0.15, -0.1) is 0 Å². The van der Waals surface area contributed by atoms with Crippen molar-refractivity contribution >= 4 is 17.3 Å². The number of nitro benzene ring substituents is 1. The average Bonchev–Trinajstić information content (AvgIpc) is 2.39. The van der Waals surface area contributed by atoms with E-state index < -0.39 is 16.2 Å². The van der Waals surface area contributed by atoms with Crippen LogP contribution in [-0.2, 0) is 6.42 Å². The van der Waals surface area contributed by atoms with Gasteiger partial charge in [0, 0.05) is 12.1 Å². The summed E-state index contributed by atoms with van der Waals surface area (Å²) in [5, 5.41) is 10.7. The normalized spacial score (nSPS) is 10.5. The number of halogens is 1. The Morgan fingerprint density at radius 2 is 2.10 bits per heavy atom. The van der Waals surface area contributed by atoms with Gasteiger partial charge in [-0.25, -0.2) is 9.36 Å². The number of aromatic nitrogens is 2. The Morgan fingerprint density at radius 1 is 1.40 bits per heavy atom. The summed E-state index contributed by atoms with van der Waals surface area (Å²) in [6.45, 7) is 1.72. The third-order valence-corrected chi connectivity index (χ3v) is 3.12. The van der Waals surface area contributed by atoms with Gasteiger partial charge in [0.25, 0.3) is 11.2 Å². The Bertz CT molecular complexity index is 794. The van der Waals surface area contributed by atoms with Crippen molar-refractivity contribution in [3.05, 3.63) is 65.9 Å². The van der Waals surface area contributed by atoms with Crippen molar-refractivity contribution in [3.8, 4) is 5.69 Å². The lowest BCUT2D eigenvalue weighted by molar-refractivity contribution is -0.384. The van der Waals surface area contributed by atoms with Crippen LogP contribution in [0.1, 0.15) is 12.5 Å². The number of nitrogens with zero attached hydrogens (tertiary/aromatic N) is 2. The lowest BCUT2D eigenvalue weighted by Crippen LogP contribution is -2.36. The zero-order chi connectivity index (χ0) is 14.9. The van der Waals surface area contributed by atoms with E-state index in [1.807, 2.05) is 0 Å². The van der Waals surface area contributed by atoms with Crippen LogP contribution in [0.5, 0.6) is 0 Å². The predicted molar refractivity (Wildman–Crippen MR) is 73.7 cm³/mol. The summed E-state index contributed by atoms with van der Waals surface area (Å²) in [6, 6.07) is 5.28. The standard InChI is InChI=1S/C12H10ClN3O4/c1-2-9-10(13)14-12(18)15(11(9)17)7-4-3-5-8(6-7)16(19)20/h3-6H,2H2,1H3,(H,14,18). The van der Waals surface area contributed by atoms with Gasteiger partial charge >= 0.3 is 5.69 Å². The van der Waals surface area contributed by atoms with E-state index in [0.717, 1.165) is 10.6 Å². The second-order valence-electron chi connectivity index (χ2n) is 3.99. The van der Waals surface area contributed by atoms with E-state index in [-0.39, 0.29) is 22.1 Å². The summed E-state index contributed by atoms with van der Waals surface area (Å²) >= 11 is 5.80. The van der Waals surface area contributed by atoms with E-state index in [1.165, 1.54) is 18.2 Å². The molecule has 2 rings (SSSR count). The third-order valence-electron chi connectivity index (χ3n) is 2.80. The van der Waals surface area contributed by atoms with E-state index in [1.54, 1.807) is 6.92 Å². The molecule has 0 aliphatic rings. The van der Waals surface area contributed by atoms with Gasteiger partial charge in [0.15, 0.2) is 0 Å². The first-order chi connectivity index (χ1) is 9.45. The smallest absolute Gasteiger partial charge is 0.297 e. The topological polar surface area (TPSA) is 98.0 Å². The number of benzene rings is 1. The Labute approximate surface area is 117 Å². The Balaban J connectivity index is 2.77. The van der Waals surface area contributed by atoms with Crippen molar-refractivity contribution in [2.24, 2.45) is 0 Å². The van der Waals surface area contributed by atoms with Crippen molar-refractivity contribution in [2.75, 3.05) is 0 Å². The molecular weight excluding hydrogens is 286 g/mol. The molecule has 0 saturated heterocycles. The third kappa shape index (κ3) is 2.35. The summed E-state index contributed by atoms with van der Waals surface area (Å²) in [5.74, 6) is 0. The Morgan fingerprint density at radius 3 is 2.70 bits per heavy atom. The van der Waals surface area contributed by atoms with Crippen molar-refractivity contribution in [1.82, 2.24) is 9.55 Å². The second kappa shape index (κ2) is 5.30. The number of aromatic amines is 1. The predicted octanol–water partition coefficient (Wildman–Crippen LogP) is 1.65. The molecule has 20 heavy (non-hydrogen) atoms. The molecule has 0 aliphatic carbocycles. The molecule has 0 bridgehead atoms. The quantitative estimate of drug-likeness (QED) is 0.529. The lowest BCUT2D eigenvalue weighted by Gasteiger charge is -2.07. The first-order valence-electron chi connectivity index (χ1n) is 5.74. The van der Waals surface area contributed by atoms with E-state index in [9.17, 15) is 19.7 Å². The minimum absolute atomic E-state index is 0.0100. The second-order valence-corrected chi connectivity index (χ2v) is 4.37.